The number of nitrogens with two attached hydrogens (primary N) is 1. The summed E-state index contributed by atoms with van der Waals surface area (Å²) in [6, 6.07) is 1.31. The van der Waals surface area contributed by atoms with Gasteiger partial charge < -0.3 is 10.5 Å². The normalized spacial score (nSPS) is 21.3. The molecule has 2 N–H and O–H groups in total. The highest BCUT2D eigenvalue weighted by Crippen LogP contribution is 2.20. The zero-order valence-corrected chi connectivity index (χ0v) is 10.5. The SMILES string of the molecule is Nc1cc(C(=O)OC2CCS(=O)(=O)C2)c(F)cc1F. The standard InChI is InChI=1S/C11H11F2NO4S/c12-8-4-9(13)10(14)3-7(8)11(15)18-6-1-2-19(16,17)5-6/h3-4,6H,1-2,5,14H2. The Morgan fingerprint density at radius 1 is 1.32 bits per heavy atom. The molecule has 1 unspecified atom stereocenters. The Kier molecular flexibility index (Phi) is 3.44. The summed E-state index contributed by atoms with van der Waals surface area (Å²) in [5.74, 6) is -3.47. The molecule has 19 heavy (non-hydrogen) atoms. The lowest BCUT2D eigenvalue weighted by atomic mass is 10.2. The van der Waals surface area contributed by atoms with Crippen LogP contribution < -0.4 is 5.73 Å². The molecule has 1 aromatic rings. The van der Waals surface area contributed by atoms with Gasteiger partial charge in [0.25, 0.3) is 0 Å². The lowest BCUT2D eigenvalue weighted by Gasteiger charge is -2.11. The van der Waals surface area contributed by atoms with Crippen molar-refractivity contribution in [2.45, 2.75) is 12.5 Å². The first-order valence-electron chi connectivity index (χ1n) is 5.44. The molecule has 0 amide bonds. The van der Waals surface area contributed by atoms with Crippen LogP contribution in [0.1, 0.15) is 16.8 Å². The quantitative estimate of drug-likeness (QED) is 0.646. The van der Waals surface area contributed by atoms with Gasteiger partial charge in [-0.25, -0.2) is 22.0 Å². The second-order valence-corrected chi connectivity index (χ2v) is 6.51. The highest BCUT2D eigenvalue weighted by molar-refractivity contribution is 7.91. The Labute approximate surface area is 108 Å². The molecule has 0 bridgehead atoms. The van der Waals surface area contributed by atoms with Crippen molar-refractivity contribution in [3.05, 3.63) is 29.3 Å². The predicted molar refractivity (Wildman–Crippen MR) is 63.2 cm³/mol. The Morgan fingerprint density at radius 2 is 2.00 bits per heavy atom. The zero-order valence-electron chi connectivity index (χ0n) is 9.73. The summed E-state index contributed by atoms with van der Waals surface area (Å²) in [7, 11) is -3.20. The van der Waals surface area contributed by atoms with Gasteiger partial charge in [-0.1, -0.05) is 0 Å². The van der Waals surface area contributed by atoms with Gasteiger partial charge in [0.1, 0.15) is 17.7 Å². The molecule has 5 nitrogen and oxygen atoms in total. The summed E-state index contributed by atoms with van der Waals surface area (Å²) < 4.78 is 53.6. The molecule has 104 valence electrons. The molecular formula is C11H11F2NO4S. The fourth-order valence-corrected chi connectivity index (χ4v) is 3.38. The number of hydrogen-bond acceptors (Lipinski definition) is 5. The molecule has 1 aliphatic rings. The summed E-state index contributed by atoms with van der Waals surface area (Å²) in [6.07, 6.45) is -0.630. The zero-order chi connectivity index (χ0) is 14.2. The van der Waals surface area contributed by atoms with Gasteiger partial charge in [-0.2, -0.15) is 0 Å². The maximum Gasteiger partial charge on any atom is 0.341 e. The average molecular weight is 291 g/mol. The van der Waals surface area contributed by atoms with Gasteiger partial charge in [-0.3, -0.25) is 0 Å². The van der Waals surface area contributed by atoms with Crippen molar-refractivity contribution in [1.82, 2.24) is 0 Å². The van der Waals surface area contributed by atoms with Crippen molar-refractivity contribution in [2.75, 3.05) is 17.2 Å². The van der Waals surface area contributed by atoms with Gasteiger partial charge in [0.2, 0.25) is 0 Å². The summed E-state index contributed by atoms with van der Waals surface area (Å²) in [4.78, 5) is 11.7. The molecular weight excluding hydrogens is 280 g/mol. The monoisotopic (exact) mass is 291 g/mol. The van der Waals surface area contributed by atoms with E-state index in [0.29, 0.717) is 6.07 Å². The van der Waals surface area contributed by atoms with Crippen LogP contribution in [0.25, 0.3) is 0 Å². The van der Waals surface area contributed by atoms with Crippen molar-refractivity contribution in [1.29, 1.82) is 0 Å². The Morgan fingerprint density at radius 3 is 2.58 bits per heavy atom. The molecule has 0 aromatic heterocycles. The van der Waals surface area contributed by atoms with E-state index in [0.717, 1.165) is 6.07 Å². The molecule has 2 rings (SSSR count). The van der Waals surface area contributed by atoms with Crippen LogP contribution in [0.3, 0.4) is 0 Å². The maximum absolute atomic E-state index is 13.4. The molecule has 1 fully saturated rings. The number of benzene rings is 1. The smallest absolute Gasteiger partial charge is 0.341 e. The van der Waals surface area contributed by atoms with Crippen LogP contribution >= 0.6 is 0 Å². The molecule has 1 aromatic carbocycles. The van der Waals surface area contributed by atoms with E-state index in [1.807, 2.05) is 0 Å². The largest absolute Gasteiger partial charge is 0.458 e. The molecule has 1 aliphatic heterocycles. The van der Waals surface area contributed by atoms with Gasteiger partial charge in [-0.15, -0.1) is 0 Å². The van der Waals surface area contributed by atoms with E-state index in [2.05, 4.69) is 0 Å². The number of rotatable bonds is 2. The third kappa shape index (κ3) is 3.01. The van der Waals surface area contributed by atoms with E-state index in [4.69, 9.17) is 10.5 Å². The molecule has 0 radical (unpaired) electrons. The van der Waals surface area contributed by atoms with E-state index >= 15 is 0 Å². The predicted octanol–water partition coefficient (Wildman–Crippen LogP) is 0.891. The van der Waals surface area contributed by atoms with E-state index in [-0.39, 0.29) is 23.6 Å². The second-order valence-electron chi connectivity index (χ2n) is 4.28. The number of ether oxygens (including phenoxy) is 1. The highest BCUT2D eigenvalue weighted by Gasteiger charge is 2.31. The minimum absolute atomic E-state index is 0.0705. The summed E-state index contributed by atoms with van der Waals surface area (Å²) in [5.41, 5.74) is 4.34. The lowest BCUT2D eigenvalue weighted by molar-refractivity contribution is 0.0351. The van der Waals surface area contributed by atoms with Crippen LogP contribution in [-0.4, -0.2) is 32.0 Å². The minimum atomic E-state index is -3.20. The van der Waals surface area contributed by atoms with Crippen LogP contribution in [0.15, 0.2) is 12.1 Å². The molecule has 1 atom stereocenters. The number of esters is 1. The van der Waals surface area contributed by atoms with Crippen LogP contribution in [0.2, 0.25) is 0 Å². The first-order chi connectivity index (χ1) is 8.78. The maximum atomic E-state index is 13.4. The van der Waals surface area contributed by atoms with Crippen LogP contribution in [0.4, 0.5) is 14.5 Å². The van der Waals surface area contributed by atoms with Crippen LogP contribution in [-0.2, 0) is 14.6 Å². The minimum Gasteiger partial charge on any atom is -0.458 e. The molecule has 0 aliphatic carbocycles. The van der Waals surface area contributed by atoms with Gasteiger partial charge in [0, 0.05) is 6.07 Å². The van der Waals surface area contributed by atoms with Crippen molar-refractivity contribution >= 4 is 21.5 Å². The van der Waals surface area contributed by atoms with Gasteiger partial charge in [0.15, 0.2) is 9.84 Å². The number of sulfone groups is 1. The number of carbonyl (C=O) groups excluding carboxylic acids is 1. The molecule has 0 spiro atoms. The number of nitrogen functional groups attached to an aromatic ring is 1. The summed E-state index contributed by atoms with van der Waals surface area (Å²) in [5, 5.41) is 0. The Hall–Kier alpha value is -1.70. The number of halogens is 2. The van der Waals surface area contributed by atoms with E-state index < -0.39 is 39.1 Å². The second kappa shape index (κ2) is 4.76. The van der Waals surface area contributed by atoms with Gasteiger partial charge in [-0.05, 0) is 12.5 Å². The topological polar surface area (TPSA) is 86.5 Å². The Balaban J connectivity index is 2.15. The fraction of sp³-hybridized carbons (Fsp3) is 0.364. The number of carbonyl (C=O) groups is 1. The Bertz CT molecular complexity index is 630. The molecule has 1 saturated heterocycles. The van der Waals surface area contributed by atoms with Gasteiger partial charge in [0.05, 0.1) is 22.8 Å². The van der Waals surface area contributed by atoms with Crippen molar-refractivity contribution in [3.8, 4) is 0 Å². The first kappa shape index (κ1) is 13.7. The van der Waals surface area contributed by atoms with Crippen molar-refractivity contribution in [2.24, 2.45) is 0 Å². The van der Waals surface area contributed by atoms with E-state index in [9.17, 15) is 22.0 Å². The average Bonchev–Trinajstić information content (AvgIpc) is 2.63. The van der Waals surface area contributed by atoms with Gasteiger partial charge >= 0.3 is 5.97 Å². The van der Waals surface area contributed by atoms with E-state index in [1.54, 1.807) is 0 Å². The summed E-state index contributed by atoms with van der Waals surface area (Å²) in [6.45, 7) is 0. The van der Waals surface area contributed by atoms with Crippen LogP contribution in [0.5, 0.6) is 0 Å². The molecule has 0 saturated carbocycles. The third-order valence-electron chi connectivity index (χ3n) is 2.77. The van der Waals surface area contributed by atoms with Crippen LogP contribution in [0, 0.1) is 11.6 Å². The number of anilines is 1. The van der Waals surface area contributed by atoms with Crippen molar-refractivity contribution < 1.29 is 26.7 Å². The van der Waals surface area contributed by atoms with E-state index in [1.165, 1.54) is 0 Å². The van der Waals surface area contributed by atoms with Crippen molar-refractivity contribution in [3.63, 3.8) is 0 Å². The molecule has 1 heterocycles. The first-order valence-corrected chi connectivity index (χ1v) is 7.26. The lowest BCUT2D eigenvalue weighted by Crippen LogP contribution is -2.20. The highest BCUT2D eigenvalue weighted by atomic mass is 32.2. The number of hydrogen-bond donors (Lipinski definition) is 1. The fourth-order valence-electron chi connectivity index (χ4n) is 1.79. The third-order valence-corrected chi connectivity index (χ3v) is 4.51. The summed E-state index contributed by atoms with van der Waals surface area (Å²) >= 11 is 0. The molecule has 8 heteroatoms.